The Balaban J connectivity index is 2.05. The summed E-state index contributed by atoms with van der Waals surface area (Å²) in [5.74, 6) is -0.472. The van der Waals surface area contributed by atoms with E-state index in [1.807, 2.05) is 0 Å². The molecular formula is C12H19N5O4S2. The van der Waals surface area contributed by atoms with Crippen LogP contribution in [-0.2, 0) is 19.6 Å². The number of rotatable bonds is 4. The molecule has 9 nitrogen and oxygen atoms in total. The lowest BCUT2D eigenvalue weighted by Crippen LogP contribution is -2.42. The van der Waals surface area contributed by atoms with E-state index in [4.69, 9.17) is 0 Å². The molecule has 2 amide bonds. The van der Waals surface area contributed by atoms with Gasteiger partial charge in [-0.1, -0.05) is 11.3 Å². The second kappa shape index (κ2) is 6.89. The Labute approximate surface area is 138 Å². The molecule has 1 fully saturated rings. The van der Waals surface area contributed by atoms with Gasteiger partial charge in [0, 0.05) is 40.0 Å². The van der Waals surface area contributed by atoms with Gasteiger partial charge in [0.15, 0.2) is 0 Å². The molecule has 1 aromatic heterocycles. The number of anilines is 1. The van der Waals surface area contributed by atoms with Gasteiger partial charge in [0.2, 0.25) is 21.3 Å². The molecule has 0 radical (unpaired) electrons. The highest BCUT2D eigenvalue weighted by atomic mass is 32.2. The number of hydrogen-bond acceptors (Lipinski definition) is 7. The lowest BCUT2D eigenvalue weighted by atomic mass is 9.97. The molecule has 0 bridgehead atoms. The monoisotopic (exact) mass is 361 g/mol. The summed E-state index contributed by atoms with van der Waals surface area (Å²) in [7, 11) is -0.363. The summed E-state index contributed by atoms with van der Waals surface area (Å²) in [4.78, 5) is 24.4. The summed E-state index contributed by atoms with van der Waals surface area (Å²) < 4.78 is 26.2. The molecular weight excluding hydrogens is 342 g/mol. The van der Waals surface area contributed by atoms with Crippen molar-refractivity contribution in [1.29, 1.82) is 0 Å². The summed E-state index contributed by atoms with van der Waals surface area (Å²) >= 11 is 0.815. The van der Waals surface area contributed by atoms with Crippen molar-refractivity contribution in [2.24, 2.45) is 5.92 Å². The maximum absolute atomic E-state index is 12.5. The van der Waals surface area contributed by atoms with Crippen LogP contribution in [0.4, 0.5) is 5.13 Å². The Hall–Kier alpha value is -1.59. The predicted octanol–water partition coefficient (Wildman–Crippen LogP) is -0.0146. The summed E-state index contributed by atoms with van der Waals surface area (Å²) in [6.07, 6.45) is 0.960. The van der Waals surface area contributed by atoms with Crippen LogP contribution in [0.1, 0.15) is 19.8 Å². The highest BCUT2D eigenvalue weighted by molar-refractivity contribution is 7.91. The molecule has 1 aliphatic heterocycles. The average Bonchev–Trinajstić information content (AvgIpc) is 2.95. The SMILES string of the molecule is CC(=O)Nc1nnc(S(=O)(=O)N2CCC(C(=O)N(C)C)CC2)s1. The second-order valence-corrected chi connectivity index (χ2v) is 8.55. The fraction of sp³-hybridized carbons (Fsp3) is 0.667. The van der Waals surface area contributed by atoms with Gasteiger partial charge in [-0.05, 0) is 12.8 Å². The van der Waals surface area contributed by atoms with Crippen molar-refractivity contribution >= 4 is 38.3 Å². The number of sulfonamides is 1. The fourth-order valence-electron chi connectivity index (χ4n) is 2.33. The van der Waals surface area contributed by atoms with Crippen molar-refractivity contribution < 1.29 is 18.0 Å². The first kappa shape index (κ1) is 17.8. The average molecular weight is 361 g/mol. The van der Waals surface area contributed by atoms with Crippen molar-refractivity contribution in [3.8, 4) is 0 Å². The van der Waals surface area contributed by atoms with Crippen LogP contribution in [0.5, 0.6) is 0 Å². The van der Waals surface area contributed by atoms with E-state index in [1.54, 1.807) is 14.1 Å². The number of carbonyl (C=O) groups excluding carboxylic acids is 2. The van der Waals surface area contributed by atoms with Crippen LogP contribution in [0.2, 0.25) is 0 Å². The van der Waals surface area contributed by atoms with E-state index < -0.39 is 10.0 Å². The van der Waals surface area contributed by atoms with E-state index in [2.05, 4.69) is 15.5 Å². The third kappa shape index (κ3) is 4.03. The van der Waals surface area contributed by atoms with E-state index in [1.165, 1.54) is 16.1 Å². The van der Waals surface area contributed by atoms with Crippen molar-refractivity contribution in [3.63, 3.8) is 0 Å². The number of carbonyl (C=O) groups is 2. The largest absolute Gasteiger partial charge is 0.349 e. The van der Waals surface area contributed by atoms with E-state index in [9.17, 15) is 18.0 Å². The number of hydrogen-bond donors (Lipinski definition) is 1. The van der Waals surface area contributed by atoms with Gasteiger partial charge >= 0.3 is 0 Å². The Morgan fingerprint density at radius 2 is 1.87 bits per heavy atom. The summed E-state index contributed by atoms with van der Waals surface area (Å²) in [6.45, 7) is 1.84. The molecule has 1 aliphatic rings. The zero-order chi connectivity index (χ0) is 17.2. The molecule has 1 N–H and O–H groups in total. The van der Waals surface area contributed by atoms with Crippen molar-refractivity contribution in [3.05, 3.63) is 0 Å². The van der Waals surface area contributed by atoms with Gasteiger partial charge in [-0.25, -0.2) is 8.42 Å². The quantitative estimate of drug-likeness (QED) is 0.755. The molecule has 2 heterocycles. The zero-order valence-corrected chi connectivity index (χ0v) is 14.8. The smallest absolute Gasteiger partial charge is 0.272 e. The van der Waals surface area contributed by atoms with Crippen LogP contribution in [0, 0.1) is 5.92 Å². The molecule has 0 spiro atoms. The molecule has 0 saturated carbocycles. The Kier molecular flexibility index (Phi) is 5.32. The highest BCUT2D eigenvalue weighted by Gasteiger charge is 2.34. The van der Waals surface area contributed by atoms with Gasteiger partial charge in [0.1, 0.15) is 0 Å². The van der Waals surface area contributed by atoms with E-state index in [-0.39, 0.29) is 40.3 Å². The van der Waals surface area contributed by atoms with Gasteiger partial charge in [0.05, 0.1) is 0 Å². The second-order valence-electron chi connectivity index (χ2n) is 5.47. The van der Waals surface area contributed by atoms with Crippen LogP contribution < -0.4 is 5.32 Å². The Bertz CT molecular complexity index is 692. The van der Waals surface area contributed by atoms with Gasteiger partial charge in [0.25, 0.3) is 10.0 Å². The predicted molar refractivity (Wildman–Crippen MR) is 84.4 cm³/mol. The maximum Gasteiger partial charge on any atom is 0.272 e. The molecule has 23 heavy (non-hydrogen) atoms. The first-order chi connectivity index (χ1) is 10.7. The first-order valence-electron chi connectivity index (χ1n) is 7.04. The number of nitrogens with zero attached hydrogens (tertiary/aromatic N) is 4. The number of aromatic nitrogens is 2. The van der Waals surface area contributed by atoms with E-state index in [0.717, 1.165) is 11.3 Å². The minimum absolute atomic E-state index is 0.0194. The minimum atomic E-state index is -3.74. The normalized spacial score (nSPS) is 17.0. The molecule has 128 valence electrons. The number of piperidine rings is 1. The molecule has 2 rings (SSSR count). The van der Waals surface area contributed by atoms with Crippen LogP contribution in [0.25, 0.3) is 0 Å². The van der Waals surface area contributed by atoms with Gasteiger partial charge < -0.3 is 10.2 Å². The summed E-state index contributed by atoms with van der Waals surface area (Å²) in [5.41, 5.74) is 0. The third-order valence-corrected chi connectivity index (χ3v) is 6.58. The van der Waals surface area contributed by atoms with Crippen LogP contribution in [0.15, 0.2) is 4.34 Å². The van der Waals surface area contributed by atoms with Crippen molar-refractivity contribution in [1.82, 2.24) is 19.4 Å². The third-order valence-electron chi connectivity index (χ3n) is 3.49. The summed E-state index contributed by atoms with van der Waals surface area (Å²) in [5, 5.41) is 9.86. The molecule has 0 atom stereocenters. The van der Waals surface area contributed by atoms with Gasteiger partial charge in [-0.2, -0.15) is 4.31 Å². The van der Waals surface area contributed by atoms with Crippen LogP contribution in [-0.4, -0.2) is 66.8 Å². The van der Waals surface area contributed by atoms with Crippen LogP contribution in [0.3, 0.4) is 0 Å². The van der Waals surface area contributed by atoms with Gasteiger partial charge in [-0.3, -0.25) is 9.59 Å². The molecule has 1 aromatic rings. The Morgan fingerprint density at radius 1 is 1.26 bits per heavy atom. The molecule has 0 unspecified atom stereocenters. The number of amides is 2. The zero-order valence-electron chi connectivity index (χ0n) is 13.1. The lowest BCUT2D eigenvalue weighted by Gasteiger charge is -2.30. The maximum atomic E-state index is 12.5. The minimum Gasteiger partial charge on any atom is -0.349 e. The van der Waals surface area contributed by atoms with Crippen LogP contribution >= 0.6 is 11.3 Å². The summed E-state index contributed by atoms with van der Waals surface area (Å²) in [6, 6.07) is 0. The van der Waals surface area contributed by atoms with Crippen molar-refractivity contribution in [2.45, 2.75) is 24.1 Å². The molecule has 11 heteroatoms. The lowest BCUT2D eigenvalue weighted by molar-refractivity contribution is -0.134. The standard InChI is InChI=1S/C12H19N5O4S2/c1-8(18)13-11-14-15-12(22-11)23(20,21)17-6-4-9(5-7-17)10(19)16(2)3/h9H,4-7H2,1-3H3,(H,13,14,18). The fourth-order valence-corrected chi connectivity index (χ4v) is 4.89. The topological polar surface area (TPSA) is 113 Å². The molecule has 0 aromatic carbocycles. The van der Waals surface area contributed by atoms with Crippen molar-refractivity contribution in [2.75, 3.05) is 32.5 Å². The first-order valence-corrected chi connectivity index (χ1v) is 9.30. The Morgan fingerprint density at radius 3 is 2.39 bits per heavy atom. The molecule has 1 saturated heterocycles. The highest BCUT2D eigenvalue weighted by Crippen LogP contribution is 2.27. The van der Waals surface area contributed by atoms with E-state index >= 15 is 0 Å². The van der Waals surface area contributed by atoms with E-state index in [0.29, 0.717) is 12.8 Å². The number of nitrogens with one attached hydrogen (secondary N) is 1. The molecule has 0 aliphatic carbocycles. The van der Waals surface area contributed by atoms with Gasteiger partial charge in [-0.15, -0.1) is 10.2 Å².